The highest BCUT2D eigenvalue weighted by atomic mass is 35.5. The van der Waals surface area contributed by atoms with E-state index < -0.39 is 0 Å². The number of aryl methyl sites for hydroxylation is 1. The van der Waals surface area contributed by atoms with Gasteiger partial charge in [-0.1, -0.05) is 59.6 Å². The molecule has 3 aromatic rings. The van der Waals surface area contributed by atoms with E-state index in [0.717, 1.165) is 38.5 Å². The highest BCUT2D eigenvalue weighted by molar-refractivity contribution is 8.03. The van der Waals surface area contributed by atoms with E-state index in [-0.39, 0.29) is 0 Å². The molecule has 0 atom stereocenters. The van der Waals surface area contributed by atoms with Crippen LogP contribution in [0.25, 0.3) is 16.3 Å². The Morgan fingerprint density at radius 2 is 1.45 bits per heavy atom. The fourth-order valence-electron chi connectivity index (χ4n) is 5.63. The van der Waals surface area contributed by atoms with E-state index in [9.17, 15) is 0 Å². The van der Waals surface area contributed by atoms with Crippen molar-refractivity contribution in [1.82, 2.24) is 0 Å². The Labute approximate surface area is 285 Å². The van der Waals surface area contributed by atoms with Gasteiger partial charge < -0.3 is 13.9 Å². The number of hydrogen-bond donors (Lipinski definition) is 0. The number of unbranched alkanes of at least 4 members (excludes halogenated alkanes) is 5. The Balaban J connectivity index is 1.56. The quantitative estimate of drug-likeness (QED) is 0.0847. The van der Waals surface area contributed by atoms with E-state index in [1.807, 2.05) is 35.2 Å². The number of thioether (sulfide) groups is 1. The zero-order chi connectivity index (χ0) is 31.9. The summed E-state index contributed by atoms with van der Waals surface area (Å²) in [5.41, 5.74) is 3.83. The Morgan fingerprint density at radius 1 is 0.818 bits per heavy atom. The summed E-state index contributed by atoms with van der Waals surface area (Å²) in [4.78, 5) is 3.79. The van der Waals surface area contributed by atoms with Crippen molar-refractivity contribution in [3.8, 4) is 0 Å². The number of aromatic nitrogens is 1. The molecule has 0 amide bonds. The second kappa shape index (κ2) is 15.8. The first-order valence-corrected chi connectivity index (χ1v) is 18.6. The first-order chi connectivity index (χ1) is 20.8. The number of hydrogen-bond acceptors (Lipinski definition) is 3. The van der Waals surface area contributed by atoms with Crippen molar-refractivity contribution in [3.63, 3.8) is 0 Å². The van der Waals surface area contributed by atoms with Crippen LogP contribution in [0.1, 0.15) is 63.3 Å². The number of rotatable bonds is 16. The van der Waals surface area contributed by atoms with Crippen LogP contribution in [-0.2, 0) is 6.54 Å². The minimum Gasteiger partial charge on any atom is -0.335 e. The van der Waals surface area contributed by atoms with E-state index >= 15 is 0 Å². The van der Waals surface area contributed by atoms with Crippen molar-refractivity contribution in [1.29, 1.82) is 0 Å². The maximum atomic E-state index is 6.49. The number of fused-ring (bicyclic) bond motifs is 2. The normalized spacial score (nSPS) is 15.2. The summed E-state index contributed by atoms with van der Waals surface area (Å²) in [6.07, 6.45) is 14.4. The third-order valence-electron chi connectivity index (χ3n) is 8.08. The SMILES string of the molecule is CCC(=Cc1sc2ccc(Cl)cc2[n+]1CCCCC[N+](C)(C)C)C=C1Sc2ccc(Cl)cc2N1CCCCCC[N+](C)(C)C. The molecule has 8 heteroatoms. The van der Waals surface area contributed by atoms with Crippen LogP contribution in [0.4, 0.5) is 5.69 Å². The summed E-state index contributed by atoms with van der Waals surface area (Å²) in [5, 5.41) is 4.21. The predicted octanol–water partition coefficient (Wildman–Crippen LogP) is 9.89. The van der Waals surface area contributed by atoms with Crippen LogP contribution in [0, 0.1) is 0 Å². The molecule has 0 bridgehead atoms. The highest BCUT2D eigenvalue weighted by Gasteiger charge is 2.26. The molecular weight excluding hydrogens is 623 g/mol. The lowest BCUT2D eigenvalue weighted by Gasteiger charge is -2.24. The van der Waals surface area contributed by atoms with Crippen LogP contribution >= 0.6 is 46.3 Å². The smallest absolute Gasteiger partial charge is 0.263 e. The van der Waals surface area contributed by atoms with Gasteiger partial charge in [-0.25, -0.2) is 0 Å². The average molecular weight is 677 g/mol. The fourth-order valence-corrected chi connectivity index (χ4v) is 8.25. The fraction of sp³-hybridized carbons (Fsp3) is 0.528. The van der Waals surface area contributed by atoms with Gasteiger partial charge in [0.25, 0.3) is 5.01 Å². The minimum absolute atomic E-state index is 0.800. The zero-order valence-electron chi connectivity index (χ0n) is 28.0. The van der Waals surface area contributed by atoms with E-state index in [1.165, 1.54) is 94.4 Å². The summed E-state index contributed by atoms with van der Waals surface area (Å²) in [5.74, 6) is 0. The Kier molecular flexibility index (Phi) is 12.7. The van der Waals surface area contributed by atoms with Crippen LogP contribution in [0.5, 0.6) is 0 Å². The molecule has 1 aliphatic heterocycles. The summed E-state index contributed by atoms with van der Waals surface area (Å²) in [7, 11) is 13.7. The molecule has 1 aromatic heterocycles. The molecule has 4 rings (SSSR count). The second-order valence-corrected chi connectivity index (χ2v) is 17.1. The molecule has 2 aromatic carbocycles. The molecule has 0 saturated heterocycles. The number of nitrogens with zero attached hydrogens (tertiary/aromatic N) is 4. The number of quaternary nitrogens is 2. The maximum absolute atomic E-state index is 6.49. The third-order valence-corrected chi connectivity index (χ3v) is 10.8. The van der Waals surface area contributed by atoms with Gasteiger partial charge in [-0.2, -0.15) is 4.57 Å². The molecule has 0 aliphatic carbocycles. The van der Waals surface area contributed by atoms with Crippen molar-refractivity contribution in [2.24, 2.45) is 0 Å². The molecule has 44 heavy (non-hydrogen) atoms. The number of anilines is 1. The highest BCUT2D eigenvalue weighted by Crippen LogP contribution is 2.47. The topological polar surface area (TPSA) is 7.12 Å². The first kappa shape index (κ1) is 35.3. The Hall–Kier alpha value is -1.54. The maximum Gasteiger partial charge on any atom is 0.263 e. The minimum atomic E-state index is 0.800. The molecule has 0 unspecified atom stereocenters. The largest absolute Gasteiger partial charge is 0.335 e. The molecule has 4 nitrogen and oxygen atoms in total. The predicted molar refractivity (Wildman–Crippen MR) is 196 cm³/mol. The standard InChI is InChI=1S/C36H53Cl2N4S2/c1-8-28(25-36-40(21-13-11-15-23-42(5,6)7)32-27-30(38)17-19-34(32)44-36)24-35-39(20-12-9-10-14-22-41(2,3)4)31-26-29(37)16-18-33(31)43-35/h16-19,24-27H,8-15,20-23H2,1-7H3/q+3. The first-order valence-electron chi connectivity index (χ1n) is 16.2. The van der Waals surface area contributed by atoms with E-state index in [4.69, 9.17) is 23.2 Å². The van der Waals surface area contributed by atoms with Gasteiger partial charge in [-0.15, -0.1) is 0 Å². The van der Waals surface area contributed by atoms with Gasteiger partial charge in [0.05, 0.1) is 66.1 Å². The summed E-state index contributed by atoms with van der Waals surface area (Å²) >= 11 is 16.7. The van der Waals surface area contributed by atoms with Gasteiger partial charge in [0.15, 0.2) is 6.54 Å². The van der Waals surface area contributed by atoms with Crippen LogP contribution < -0.4 is 9.47 Å². The van der Waals surface area contributed by atoms with E-state index in [0.29, 0.717) is 0 Å². The molecule has 1 aliphatic rings. The molecule has 0 spiro atoms. The van der Waals surface area contributed by atoms with Crippen LogP contribution in [0.15, 0.2) is 58.0 Å². The van der Waals surface area contributed by atoms with Crippen molar-refractivity contribution in [3.05, 3.63) is 68.1 Å². The van der Waals surface area contributed by atoms with Gasteiger partial charge in [0, 0.05) is 40.0 Å². The lowest BCUT2D eigenvalue weighted by molar-refractivity contribution is -0.870. The number of thiazole rings is 1. The molecule has 0 fully saturated rings. The van der Waals surface area contributed by atoms with Crippen molar-refractivity contribution >= 4 is 68.3 Å². The molecule has 2 heterocycles. The van der Waals surface area contributed by atoms with Crippen molar-refractivity contribution < 1.29 is 13.5 Å². The number of benzene rings is 2. The summed E-state index contributed by atoms with van der Waals surface area (Å²) in [6.45, 7) is 6.73. The van der Waals surface area contributed by atoms with Crippen LogP contribution in [-0.4, -0.2) is 70.9 Å². The van der Waals surface area contributed by atoms with Gasteiger partial charge in [0.1, 0.15) is 4.70 Å². The van der Waals surface area contributed by atoms with Gasteiger partial charge in [-0.3, -0.25) is 0 Å². The molecule has 0 radical (unpaired) electrons. The Bertz CT molecular complexity index is 1460. The zero-order valence-corrected chi connectivity index (χ0v) is 31.1. The summed E-state index contributed by atoms with van der Waals surface area (Å²) < 4.78 is 5.85. The third kappa shape index (κ3) is 10.5. The second-order valence-electron chi connectivity index (χ2n) is 14.1. The number of allylic oxidation sites excluding steroid dienone is 2. The van der Waals surface area contributed by atoms with Gasteiger partial charge in [-0.05, 0) is 80.5 Å². The van der Waals surface area contributed by atoms with Crippen LogP contribution in [0.2, 0.25) is 10.0 Å². The van der Waals surface area contributed by atoms with Crippen molar-refractivity contribution in [2.75, 3.05) is 66.8 Å². The lowest BCUT2D eigenvalue weighted by atomic mass is 10.1. The van der Waals surface area contributed by atoms with E-state index in [1.54, 1.807) is 0 Å². The van der Waals surface area contributed by atoms with Gasteiger partial charge >= 0.3 is 0 Å². The average Bonchev–Trinajstić information content (AvgIpc) is 3.45. The molecular formula is C36H53Cl2N4S2+3. The molecule has 0 saturated carbocycles. The molecule has 0 N–H and O–H groups in total. The molecule has 240 valence electrons. The van der Waals surface area contributed by atoms with Crippen LogP contribution in [0.3, 0.4) is 0 Å². The van der Waals surface area contributed by atoms with E-state index in [2.05, 4.69) is 95.1 Å². The number of halogens is 2. The van der Waals surface area contributed by atoms with Crippen molar-refractivity contribution in [2.45, 2.75) is 69.7 Å². The monoisotopic (exact) mass is 675 g/mol. The van der Waals surface area contributed by atoms with Gasteiger partial charge in [0.2, 0.25) is 5.52 Å². The lowest BCUT2D eigenvalue weighted by Crippen LogP contribution is -2.36. The summed E-state index contributed by atoms with van der Waals surface area (Å²) in [6, 6.07) is 12.7. The Morgan fingerprint density at radius 3 is 2.14 bits per heavy atom.